The van der Waals surface area contributed by atoms with Crippen molar-refractivity contribution in [2.24, 2.45) is 0 Å². The van der Waals surface area contributed by atoms with Crippen LogP contribution in [0.4, 0.5) is 8.78 Å². The van der Waals surface area contributed by atoms with Gasteiger partial charge >= 0.3 is 5.92 Å². The van der Waals surface area contributed by atoms with E-state index in [0.717, 1.165) is 5.56 Å². The van der Waals surface area contributed by atoms with Crippen LogP contribution in [0.5, 0.6) is 0 Å². The minimum Gasteiger partial charge on any atom is -0.332 e. The monoisotopic (exact) mass is 333 g/mol. The maximum atomic E-state index is 14.2. The zero-order valence-electron chi connectivity index (χ0n) is 13.4. The minimum absolute atomic E-state index is 0.00774. The van der Waals surface area contributed by atoms with Gasteiger partial charge in [0.05, 0.1) is 6.20 Å². The highest BCUT2D eigenvalue weighted by molar-refractivity contribution is 5.54. The molecule has 24 heavy (non-hydrogen) atoms. The molecule has 2 heterocycles. The fraction of sp³-hybridized carbons (Fsp3) is 0.375. The van der Waals surface area contributed by atoms with Crippen molar-refractivity contribution in [2.75, 3.05) is 0 Å². The molecule has 0 spiro atoms. The molecule has 0 amide bonds. The summed E-state index contributed by atoms with van der Waals surface area (Å²) in [5, 5.41) is 10.9. The second-order valence-corrected chi connectivity index (χ2v) is 5.82. The SMILES string of the molecule is CC(C)c1ccc(-c2noc(C(F)(F)CCn3ccnn3)n2)cc1. The Morgan fingerprint density at radius 2 is 1.96 bits per heavy atom. The van der Waals surface area contributed by atoms with Crippen molar-refractivity contribution in [1.82, 2.24) is 25.1 Å². The first kappa shape index (κ1) is 16.2. The van der Waals surface area contributed by atoms with Crippen LogP contribution in [0, 0.1) is 0 Å². The van der Waals surface area contributed by atoms with Gasteiger partial charge in [-0.05, 0) is 11.5 Å². The third kappa shape index (κ3) is 3.47. The number of aromatic nitrogens is 5. The first-order valence-electron chi connectivity index (χ1n) is 7.62. The van der Waals surface area contributed by atoms with E-state index in [1.165, 1.54) is 17.1 Å². The average Bonchev–Trinajstić information content (AvgIpc) is 3.25. The standard InChI is InChI=1S/C16H17F2N5O/c1-11(2)12-3-5-13(6-4-12)14-20-15(24-21-14)16(17,18)7-9-23-10-8-19-22-23/h3-6,8,10-11H,7,9H2,1-2H3. The fourth-order valence-corrected chi connectivity index (χ4v) is 2.22. The van der Waals surface area contributed by atoms with Crippen LogP contribution in [-0.2, 0) is 12.5 Å². The van der Waals surface area contributed by atoms with Gasteiger partial charge in [-0.3, -0.25) is 4.68 Å². The number of alkyl halides is 2. The number of aryl methyl sites for hydroxylation is 1. The molecule has 0 saturated heterocycles. The summed E-state index contributed by atoms with van der Waals surface area (Å²) < 4.78 is 34.5. The summed E-state index contributed by atoms with van der Waals surface area (Å²) >= 11 is 0. The maximum absolute atomic E-state index is 14.2. The van der Waals surface area contributed by atoms with Crippen LogP contribution in [0.15, 0.2) is 41.2 Å². The summed E-state index contributed by atoms with van der Waals surface area (Å²) in [5.41, 5.74) is 1.79. The van der Waals surface area contributed by atoms with Crippen molar-refractivity contribution in [2.45, 2.75) is 38.7 Å². The van der Waals surface area contributed by atoms with Gasteiger partial charge in [0.2, 0.25) is 5.82 Å². The van der Waals surface area contributed by atoms with E-state index < -0.39 is 18.2 Å². The number of hydrogen-bond acceptors (Lipinski definition) is 5. The predicted molar refractivity (Wildman–Crippen MR) is 82.4 cm³/mol. The summed E-state index contributed by atoms with van der Waals surface area (Å²) in [7, 11) is 0. The molecule has 6 nitrogen and oxygen atoms in total. The summed E-state index contributed by atoms with van der Waals surface area (Å²) in [5.74, 6) is -3.37. The molecule has 0 atom stereocenters. The Morgan fingerprint density at radius 3 is 2.58 bits per heavy atom. The third-order valence-electron chi connectivity index (χ3n) is 3.70. The zero-order chi connectivity index (χ0) is 17.2. The third-order valence-corrected chi connectivity index (χ3v) is 3.70. The summed E-state index contributed by atoms with van der Waals surface area (Å²) in [6.07, 6.45) is 2.46. The van der Waals surface area contributed by atoms with Gasteiger partial charge in [-0.2, -0.15) is 13.8 Å². The van der Waals surface area contributed by atoms with Crippen LogP contribution < -0.4 is 0 Å². The van der Waals surface area contributed by atoms with Crippen molar-refractivity contribution in [1.29, 1.82) is 0 Å². The van der Waals surface area contributed by atoms with Gasteiger partial charge in [-0.15, -0.1) is 5.10 Å². The van der Waals surface area contributed by atoms with Crippen LogP contribution in [0.3, 0.4) is 0 Å². The molecule has 2 aromatic heterocycles. The van der Waals surface area contributed by atoms with Crippen LogP contribution in [0.25, 0.3) is 11.4 Å². The Balaban J connectivity index is 1.74. The smallest absolute Gasteiger partial charge is 0.326 e. The highest BCUT2D eigenvalue weighted by Crippen LogP contribution is 2.32. The number of rotatable bonds is 6. The molecular formula is C16H17F2N5O. The van der Waals surface area contributed by atoms with Gasteiger partial charge in [0, 0.05) is 24.7 Å². The molecule has 3 aromatic rings. The lowest BCUT2D eigenvalue weighted by molar-refractivity contribution is -0.0478. The van der Waals surface area contributed by atoms with Gasteiger partial charge in [0.1, 0.15) is 0 Å². The molecule has 0 bridgehead atoms. The molecule has 0 aliphatic rings. The van der Waals surface area contributed by atoms with Gasteiger partial charge < -0.3 is 4.52 Å². The largest absolute Gasteiger partial charge is 0.332 e. The van der Waals surface area contributed by atoms with Crippen molar-refractivity contribution in [3.63, 3.8) is 0 Å². The minimum atomic E-state index is -3.23. The molecule has 0 fully saturated rings. The molecular weight excluding hydrogens is 316 g/mol. The number of nitrogens with zero attached hydrogens (tertiary/aromatic N) is 5. The Labute approximate surface area is 137 Å². The Kier molecular flexibility index (Phi) is 4.37. The van der Waals surface area contributed by atoms with Crippen molar-refractivity contribution < 1.29 is 13.3 Å². The lowest BCUT2D eigenvalue weighted by Gasteiger charge is -2.10. The molecule has 0 aliphatic carbocycles. The maximum Gasteiger partial charge on any atom is 0.326 e. The van der Waals surface area contributed by atoms with E-state index in [-0.39, 0.29) is 12.4 Å². The van der Waals surface area contributed by atoms with Gasteiger partial charge in [0.25, 0.3) is 5.89 Å². The number of hydrogen-bond donors (Lipinski definition) is 0. The second kappa shape index (κ2) is 6.46. The molecule has 0 unspecified atom stereocenters. The lowest BCUT2D eigenvalue weighted by Crippen LogP contribution is -2.17. The van der Waals surface area contributed by atoms with Crippen LogP contribution >= 0.6 is 0 Å². The van der Waals surface area contributed by atoms with Crippen molar-refractivity contribution >= 4 is 0 Å². The zero-order valence-corrected chi connectivity index (χ0v) is 13.4. The van der Waals surface area contributed by atoms with E-state index in [4.69, 9.17) is 4.52 Å². The Morgan fingerprint density at radius 1 is 1.21 bits per heavy atom. The van der Waals surface area contributed by atoms with E-state index in [1.54, 1.807) is 12.1 Å². The van der Waals surface area contributed by atoms with E-state index in [2.05, 4.69) is 34.3 Å². The van der Waals surface area contributed by atoms with Gasteiger partial charge in [-0.25, -0.2) is 0 Å². The highest BCUT2D eigenvalue weighted by Gasteiger charge is 2.38. The molecule has 0 saturated carbocycles. The fourth-order valence-electron chi connectivity index (χ4n) is 2.22. The first-order chi connectivity index (χ1) is 11.5. The normalized spacial score (nSPS) is 12.0. The van der Waals surface area contributed by atoms with Crippen LogP contribution in [0.1, 0.15) is 37.6 Å². The van der Waals surface area contributed by atoms with Crippen LogP contribution in [0.2, 0.25) is 0 Å². The molecule has 1 aromatic carbocycles. The first-order valence-corrected chi connectivity index (χ1v) is 7.62. The van der Waals surface area contributed by atoms with E-state index >= 15 is 0 Å². The topological polar surface area (TPSA) is 69.6 Å². The summed E-state index contributed by atoms with van der Waals surface area (Å²) in [6, 6.07) is 7.47. The Hall–Kier alpha value is -2.64. The van der Waals surface area contributed by atoms with E-state index in [0.29, 0.717) is 11.5 Å². The molecule has 8 heteroatoms. The van der Waals surface area contributed by atoms with Gasteiger partial charge in [-0.1, -0.05) is 48.5 Å². The quantitative estimate of drug-likeness (QED) is 0.689. The van der Waals surface area contributed by atoms with Crippen LogP contribution in [-0.4, -0.2) is 25.1 Å². The summed E-state index contributed by atoms with van der Waals surface area (Å²) in [4.78, 5) is 3.85. The number of halogens is 2. The Bertz CT molecular complexity index is 781. The van der Waals surface area contributed by atoms with Crippen molar-refractivity contribution in [3.8, 4) is 11.4 Å². The lowest BCUT2D eigenvalue weighted by atomic mass is 10.0. The molecule has 3 rings (SSSR count). The van der Waals surface area contributed by atoms with E-state index in [9.17, 15) is 8.78 Å². The molecule has 0 aliphatic heterocycles. The van der Waals surface area contributed by atoms with E-state index in [1.807, 2.05) is 12.1 Å². The van der Waals surface area contributed by atoms with Crippen molar-refractivity contribution in [3.05, 3.63) is 48.1 Å². The molecule has 0 radical (unpaired) electrons. The molecule has 126 valence electrons. The average molecular weight is 333 g/mol. The molecule has 0 N–H and O–H groups in total. The van der Waals surface area contributed by atoms with Gasteiger partial charge in [0.15, 0.2) is 0 Å². The predicted octanol–water partition coefficient (Wildman–Crippen LogP) is 3.63. The number of benzene rings is 1. The highest BCUT2D eigenvalue weighted by atomic mass is 19.3. The summed E-state index contributed by atoms with van der Waals surface area (Å²) in [6.45, 7) is 4.17. The second-order valence-electron chi connectivity index (χ2n) is 5.82.